The van der Waals surface area contributed by atoms with Crippen molar-refractivity contribution in [1.29, 1.82) is 0 Å². The number of nitrogens with one attached hydrogen (secondary N) is 2. The Hall–Kier alpha value is -2.07. The van der Waals surface area contributed by atoms with Gasteiger partial charge in [-0.15, -0.1) is 0 Å². The van der Waals surface area contributed by atoms with E-state index in [9.17, 15) is 9.18 Å². The van der Waals surface area contributed by atoms with Crippen molar-refractivity contribution in [3.8, 4) is 0 Å². The molecule has 0 heterocycles. The molecule has 0 saturated carbocycles. The van der Waals surface area contributed by atoms with Crippen LogP contribution in [0.5, 0.6) is 0 Å². The zero-order chi connectivity index (χ0) is 14.4. The molecule has 20 heavy (non-hydrogen) atoms. The molecule has 0 aliphatic heterocycles. The Morgan fingerprint density at radius 1 is 1.00 bits per heavy atom. The summed E-state index contributed by atoms with van der Waals surface area (Å²) in [6, 6.07) is 13.2. The number of urea groups is 1. The second-order valence-electron chi connectivity index (χ2n) is 4.25. The maximum absolute atomic E-state index is 13.3. The molecular formula is C15H14ClFN2O. The lowest BCUT2D eigenvalue weighted by atomic mass is 10.2. The maximum atomic E-state index is 13.3. The summed E-state index contributed by atoms with van der Waals surface area (Å²) in [7, 11) is 0. The second kappa shape index (κ2) is 6.91. The van der Waals surface area contributed by atoms with E-state index in [1.807, 2.05) is 12.1 Å². The van der Waals surface area contributed by atoms with Crippen molar-refractivity contribution in [3.05, 3.63) is 70.5 Å². The highest BCUT2D eigenvalue weighted by Crippen LogP contribution is 2.09. The lowest BCUT2D eigenvalue weighted by Gasteiger charge is -2.08. The highest BCUT2D eigenvalue weighted by Gasteiger charge is 2.03. The van der Waals surface area contributed by atoms with Crippen LogP contribution in [0.1, 0.15) is 11.1 Å². The Kier molecular flexibility index (Phi) is 4.96. The van der Waals surface area contributed by atoms with E-state index >= 15 is 0 Å². The molecule has 0 fully saturated rings. The Labute approximate surface area is 121 Å². The molecule has 0 radical (unpaired) electrons. The smallest absolute Gasteiger partial charge is 0.315 e. The Bertz CT molecular complexity index is 587. The quantitative estimate of drug-likeness (QED) is 0.890. The summed E-state index contributed by atoms with van der Waals surface area (Å²) >= 11 is 5.77. The molecule has 104 valence electrons. The molecule has 0 bridgehead atoms. The number of benzene rings is 2. The summed E-state index contributed by atoms with van der Waals surface area (Å²) in [5.74, 6) is -0.328. The Balaban J connectivity index is 1.78. The van der Waals surface area contributed by atoms with Crippen molar-refractivity contribution < 1.29 is 9.18 Å². The van der Waals surface area contributed by atoms with Gasteiger partial charge in [0.25, 0.3) is 0 Å². The summed E-state index contributed by atoms with van der Waals surface area (Å²) in [4.78, 5) is 11.6. The highest BCUT2D eigenvalue weighted by molar-refractivity contribution is 6.30. The Morgan fingerprint density at radius 3 is 2.35 bits per heavy atom. The predicted molar refractivity (Wildman–Crippen MR) is 76.9 cm³/mol. The van der Waals surface area contributed by atoms with E-state index in [-0.39, 0.29) is 18.4 Å². The van der Waals surface area contributed by atoms with Crippen molar-refractivity contribution in [3.63, 3.8) is 0 Å². The minimum absolute atomic E-state index is 0.152. The van der Waals surface area contributed by atoms with E-state index in [4.69, 9.17) is 11.6 Å². The summed E-state index contributed by atoms with van der Waals surface area (Å²) in [6.07, 6.45) is 0. The van der Waals surface area contributed by atoms with Crippen LogP contribution < -0.4 is 10.6 Å². The normalized spacial score (nSPS) is 10.1. The van der Waals surface area contributed by atoms with E-state index in [2.05, 4.69) is 10.6 Å². The monoisotopic (exact) mass is 292 g/mol. The van der Waals surface area contributed by atoms with E-state index in [1.54, 1.807) is 30.3 Å². The number of rotatable bonds is 4. The van der Waals surface area contributed by atoms with E-state index in [0.717, 1.165) is 5.56 Å². The molecule has 0 unspecified atom stereocenters. The van der Waals surface area contributed by atoms with Gasteiger partial charge in [-0.05, 0) is 23.8 Å². The maximum Gasteiger partial charge on any atom is 0.315 e. The molecule has 0 saturated heterocycles. The van der Waals surface area contributed by atoms with Crippen LogP contribution in [-0.2, 0) is 13.1 Å². The molecule has 2 rings (SSSR count). The summed E-state index contributed by atoms with van der Waals surface area (Å²) in [5.41, 5.74) is 1.39. The van der Waals surface area contributed by atoms with Gasteiger partial charge >= 0.3 is 6.03 Å². The highest BCUT2D eigenvalue weighted by atomic mass is 35.5. The predicted octanol–water partition coefficient (Wildman–Crippen LogP) is 3.48. The molecule has 2 amide bonds. The first kappa shape index (κ1) is 14.3. The van der Waals surface area contributed by atoms with Gasteiger partial charge < -0.3 is 10.6 Å². The van der Waals surface area contributed by atoms with Gasteiger partial charge in [-0.2, -0.15) is 0 Å². The lowest BCUT2D eigenvalue weighted by Crippen LogP contribution is -2.34. The molecular weight excluding hydrogens is 279 g/mol. The fraction of sp³-hybridized carbons (Fsp3) is 0.133. The number of hydrogen-bond donors (Lipinski definition) is 2. The molecule has 0 aromatic heterocycles. The standard InChI is InChI=1S/C15H14ClFN2O/c16-13-7-5-11(6-8-13)9-18-15(20)19-10-12-3-1-2-4-14(12)17/h1-8H,9-10H2,(H2,18,19,20). The van der Waals surface area contributed by atoms with Crippen LogP contribution in [0.25, 0.3) is 0 Å². The van der Waals surface area contributed by atoms with Crippen LogP contribution in [0, 0.1) is 5.82 Å². The minimum atomic E-state index is -0.344. The fourth-order valence-electron chi connectivity index (χ4n) is 1.66. The number of amides is 2. The Morgan fingerprint density at radius 2 is 1.65 bits per heavy atom. The van der Waals surface area contributed by atoms with Gasteiger partial charge in [-0.3, -0.25) is 0 Å². The summed E-state index contributed by atoms with van der Waals surface area (Å²) in [6.45, 7) is 0.541. The molecule has 0 aliphatic rings. The van der Waals surface area contributed by atoms with Crippen LogP contribution in [0.4, 0.5) is 9.18 Å². The molecule has 3 nitrogen and oxygen atoms in total. The first-order valence-electron chi connectivity index (χ1n) is 6.15. The average molecular weight is 293 g/mol. The lowest BCUT2D eigenvalue weighted by molar-refractivity contribution is 0.240. The van der Waals surface area contributed by atoms with Gasteiger partial charge in [0, 0.05) is 23.7 Å². The van der Waals surface area contributed by atoms with Crippen LogP contribution in [0.2, 0.25) is 5.02 Å². The fourth-order valence-corrected chi connectivity index (χ4v) is 1.79. The number of carbonyl (C=O) groups is 1. The average Bonchev–Trinajstić information content (AvgIpc) is 2.46. The molecule has 5 heteroatoms. The van der Waals surface area contributed by atoms with Gasteiger partial charge in [-0.25, -0.2) is 9.18 Å². The van der Waals surface area contributed by atoms with Crippen LogP contribution in [-0.4, -0.2) is 6.03 Å². The molecule has 2 aromatic carbocycles. The van der Waals surface area contributed by atoms with Gasteiger partial charge in [-0.1, -0.05) is 41.9 Å². The first-order chi connectivity index (χ1) is 9.65. The van der Waals surface area contributed by atoms with Crippen molar-refractivity contribution in [1.82, 2.24) is 10.6 Å². The van der Waals surface area contributed by atoms with Crippen LogP contribution >= 0.6 is 11.6 Å². The van der Waals surface area contributed by atoms with Crippen LogP contribution in [0.3, 0.4) is 0 Å². The SMILES string of the molecule is O=C(NCc1ccc(Cl)cc1)NCc1ccccc1F. The topological polar surface area (TPSA) is 41.1 Å². The third kappa shape index (κ3) is 4.24. The number of carbonyl (C=O) groups excluding carboxylic acids is 1. The summed E-state index contributed by atoms with van der Waals surface area (Å²) in [5, 5.41) is 5.95. The van der Waals surface area contributed by atoms with E-state index in [0.29, 0.717) is 17.1 Å². The van der Waals surface area contributed by atoms with Crippen molar-refractivity contribution in [2.24, 2.45) is 0 Å². The van der Waals surface area contributed by atoms with Crippen molar-refractivity contribution in [2.75, 3.05) is 0 Å². The third-order valence-electron chi connectivity index (χ3n) is 2.76. The van der Waals surface area contributed by atoms with Gasteiger partial charge in [0.15, 0.2) is 0 Å². The van der Waals surface area contributed by atoms with Crippen molar-refractivity contribution >= 4 is 17.6 Å². The van der Waals surface area contributed by atoms with Crippen LogP contribution in [0.15, 0.2) is 48.5 Å². The van der Waals surface area contributed by atoms with E-state index in [1.165, 1.54) is 6.07 Å². The molecule has 2 aromatic rings. The largest absolute Gasteiger partial charge is 0.334 e. The second-order valence-corrected chi connectivity index (χ2v) is 4.69. The number of halogens is 2. The van der Waals surface area contributed by atoms with E-state index < -0.39 is 0 Å². The van der Waals surface area contributed by atoms with Gasteiger partial charge in [0.1, 0.15) is 5.82 Å². The summed E-state index contributed by atoms with van der Waals surface area (Å²) < 4.78 is 13.3. The van der Waals surface area contributed by atoms with Crippen molar-refractivity contribution in [2.45, 2.75) is 13.1 Å². The molecule has 0 aliphatic carbocycles. The number of hydrogen-bond acceptors (Lipinski definition) is 1. The molecule has 0 atom stereocenters. The zero-order valence-corrected chi connectivity index (χ0v) is 11.5. The van der Waals surface area contributed by atoms with Gasteiger partial charge in [0.2, 0.25) is 0 Å². The first-order valence-corrected chi connectivity index (χ1v) is 6.52. The third-order valence-corrected chi connectivity index (χ3v) is 3.02. The zero-order valence-electron chi connectivity index (χ0n) is 10.7. The van der Waals surface area contributed by atoms with Gasteiger partial charge in [0.05, 0.1) is 0 Å². The molecule has 2 N–H and O–H groups in total. The molecule has 0 spiro atoms. The minimum Gasteiger partial charge on any atom is -0.334 e.